The lowest BCUT2D eigenvalue weighted by Gasteiger charge is -2.45. The Hall–Kier alpha value is -1.75. The molecule has 2 saturated carbocycles. The van der Waals surface area contributed by atoms with Crippen molar-refractivity contribution < 1.29 is 14.3 Å². The molecule has 3 aliphatic rings. The maximum atomic E-state index is 12.3. The van der Waals surface area contributed by atoms with Crippen LogP contribution in [0.1, 0.15) is 38.5 Å². The van der Waals surface area contributed by atoms with Gasteiger partial charge in [-0.1, -0.05) is 18.0 Å². The van der Waals surface area contributed by atoms with Crippen molar-refractivity contribution in [2.24, 2.45) is 17.8 Å². The van der Waals surface area contributed by atoms with E-state index in [1.807, 2.05) is 0 Å². The van der Waals surface area contributed by atoms with Crippen molar-refractivity contribution in [1.82, 2.24) is 10.6 Å². The van der Waals surface area contributed by atoms with E-state index in [9.17, 15) is 9.59 Å². The molecule has 26 heavy (non-hydrogen) atoms. The van der Waals surface area contributed by atoms with Crippen LogP contribution in [-0.2, 0) is 9.59 Å². The molecule has 0 spiro atoms. The molecule has 5 nitrogen and oxygen atoms in total. The van der Waals surface area contributed by atoms with E-state index in [1.165, 1.54) is 12.8 Å². The molecule has 4 rings (SSSR count). The molecule has 1 aliphatic heterocycles. The van der Waals surface area contributed by atoms with Gasteiger partial charge in [-0.05, 0) is 68.2 Å². The van der Waals surface area contributed by atoms with Crippen LogP contribution in [0, 0.1) is 17.8 Å². The molecule has 0 aromatic heterocycles. The summed E-state index contributed by atoms with van der Waals surface area (Å²) in [6.45, 7) is -0.0106. The minimum atomic E-state index is -0.121. The number of carbonyl (C=O) groups excluding carboxylic acids is 2. The number of piperidine rings is 1. The number of nitrogens with one attached hydrogen (secondary N) is 2. The van der Waals surface area contributed by atoms with E-state index in [2.05, 4.69) is 10.6 Å². The molecule has 1 saturated heterocycles. The highest BCUT2D eigenvalue weighted by molar-refractivity contribution is 6.30. The first-order valence-electron chi connectivity index (χ1n) is 9.58. The zero-order chi connectivity index (χ0) is 18.1. The molecule has 5 unspecified atom stereocenters. The zero-order valence-electron chi connectivity index (χ0n) is 14.7. The minimum Gasteiger partial charge on any atom is -0.484 e. The highest BCUT2D eigenvalue weighted by atomic mass is 35.5. The Kier molecular flexibility index (Phi) is 5.07. The molecular formula is C20H25ClN2O3. The number of carbonyl (C=O) groups is 2. The summed E-state index contributed by atoms with van der Waals surface area (Å²) in [6.07, 6.45) is 6.29. The number of fused-ring (bicyclic) bond motifs is 3. The topological polar surface area (TPSA) is 67.4 Å². The molecule has 5 atom stereocenters. The smallest absolute Gasteiger partial charge is 0.258 e. The van der Waals surface area contributed by atoms with E-state index in [4.69, 9.17) is 16.3 Å². The maximum absolute atomic E-state index is 12.3. The first kappa shape index (κ1) is 17.7. The van der Waals surface area contributed by atoms with Crippen molar-refractivity contribution in [3.05, 3.63) is 29.3 Å². The third-order valence-electron chi connectivity index (χ3n) is 6.24. The van der Waals surface area contributed by atoms with Crippen molar-refractivity contribution in [2.45, 2.75) is 50.6 Å². The fourth-order valence-corrected chi connectivity index (χ4v) is 5.20. The van der Waals surface area contributed by atoms with Crippen LogP contribution in [0.15, 0.2) is 24.3 Å². The van der Waals surface area contributed by atoms with Crippen molar-refractivity contribution in [3.8, 4) is 5.75 Å². The van der Waals surface area contributed by atoms with Crippen LogP contribution in [0.5, 0.6) is 5.75 Å². The predicted molar refractivity (Wildman–Crippen MR) is 99.0 cm³/mol. The summed E-state index contributed by atoms with van der Waals surface area (Å²) in [4.78, 5) is 24.5. The Morgan fingerprint density at radius 1 is 1.15 bits per heavy atom. The average Bonchev–Trinajstić information content (AvgIpc) is 3.12. The Morgan fingerprint density at radius 2 is 1.96 bits per heavy atom. The third-order valence-corrected chi connectivity index (χ3v) is 6.49. The second-order valence-corrected chi connectivity index (χ2v) is 8.24. The van der Waals surface area contributed by atoms with Gasteiger partial charge in [-0.3, -0.25) is 9.59 Å². The Balaban J connectivity index is 1.28. The Morgan fingerprint density at radius 3 is 2.77 bits per heavy atom. The molecule has 2 aliphatic carbocycles. The quantitative estimate of drug-likeness (QED) is 0.849. The number of halogens is 1. The SMILES string of the molecule is O=C(COc1ccc(Cl)cc1)NC1CCC2C(C1)NC(=O)C1CCCC12. The molecule has 0 bridgehead atoms. The second kappa shape index (κ2) is 7.47. The van der Waals surface area contributed by atoms with E-state index >= 15 is 0 Å². The molecule has 1 aromatic rings. The van der Waals surface area contributed by atoms with E-state index in [0.29, 0.717) is 22.6 Å². The molecule has 1 aromatic carbocycles. The average molecular weight is 377 g/mol. The van der Waals surface area contributed by atoms with Crippen molar-refractivity contribution in [1.29, 1.82) is 0 Å². The van der Waals surface area contributed by atoms with E-state index in [-0.39, 0.29) is 36.4 Å². The predicted octanol–water partition coefficient (Wildman–Crippen LogP) is 2.92. The highest BCUT2D eigenvalue weighted by Crippen LogP contribution is 2.45. The fourth-order valence-electron chi connectivity index (χ4n) is 5.07. The summed E-state index contributed by atoms with van der Waals surface area (Å²) in [6, 6.07) is 7.28. The van der Waals surface area contributed by atoms with Gasteiger partial charge in [-0.25, -0.2) is 0 Å². The largest absolute Gasteiger partial charge is 0.484 e. The van der Waals surface area contributed by atoms with Gasteiger partial charge >= 0.3 is 0 Å². The molecule has 6 heteroatoms. The molecule has 1 heterocycles. The van der Waals surface area contributed by atoms with Gasteiger partial charge in [0.05, 0.1) is 0 Å². The van der Waals surface area contributed by atoms with Crippen LogP contribution in [0.2, 0.25) is 5.02 Å². The van der Waals surface area contributed by atoms with Gasteiger partial charge in [0.25, 0.3) is 5.91 Å². The highest BCUT2D eigenvalue weighted by Gasteiger charge is 2.48. The van der Waals surface area contributed by atoms with Gasteiger partial charge in [-0.15, -0.1) is 0 Å². The summed E-state index contributed by atoms with van der Waals surface area (Å²) in [7, 11) is 0. The zero-order valence-corrected chi connectivity index (χ0v) is 15.5. The number of hydrogen-bond acceptors (Lipinski definition) is 3. The fraction of sp³-hybridized carbons (Fsp3) is 0.600. The standard InChI is InChI=1S/C20H25ClN2O3/c21-12-4-7-14(8-5-12)26-11-19(24)22-13-6-9-16-15-2-1-3-17(15)20(25)23-18(16)10-13/h4-5,7-8,13,15-18H,1-3,6,9-11H2,(H,22,24)(H,23,25). The van der Waals surface area contributed by atoms with Crippen LogP contribution in [0.25, 0.3) is 0 Å². The first-order chi connectivity index (χ1) is 12.6. The molecule has 140 valence electrons. The van der Waals surface area contributed by atoms with E-state index in [1.54, 1.807) is 24.3 Å². The molecule has 2 N–H and O–H groups in total. The van der Waals surface area contributed by atoms with Crippen LogP contribution in [0.3, 0.4) is 0 Å². The summed E-state index contributed by atoms with van der Waals surface area (Å²) >= 11 is 5.84. The number of ether oxygens (including phenoxy) is 1. The Labute approximate surface area is 158 Å². The number of rotatable bonds is 4. The Bertz CT molecular complexity index is 678. The van der Waals surface area contributed by atoms with Gasteiger partial charge in [0.1, 0.15) is 5.75 Å². The minimum absolute atomic E-state index is 0.0106. The van der Waals surface area contributed by atoms with Crippen LogP contribution in [-0.4, -0.2) is 30.5 Å². The van der Waals surface area contributed by atoms with Gasteiger partial charge in [0.15, 0.2) is 6.61 Å². The van der Waals surface area contributed by atoms with Crippen LogP contribution < -0.4 is 15.4 Å². The van der Waals surface area contributed by atoms with Gasteiger partial charge in [0, 0.05) is 23.0 Å². The van der Waals surface area contributed by atoms with Gasteiger partial charge in [0.2, 0.25) is 5.91 Å². The summed E-state index contributed by atoms with van der Waals surface area (Å²) in [5.41, 5.74) is 0. The lowest BCUT2D eigenvalue weighted by molar-refractivity contribution is -0.132. The maximum Gasteiger partial charge on any atom is 0.258 e. The third kappa shape index (κ3) is 3.68. The van der Waals surface area contributed by atoms with Gasteiger partial charge in [-0.2, -0.15) is 0 Å². The lowest BCUT2D eigenvalue weighted by Crippen LogP contribution is -2.57. The van der Waals surface area contributed by atoms with E-state index < -0.39 is 0 Å². The summed E-state index contributed by atoms with van der Waals surface area (Å²) in [5, 5.41) is 6.93. The molecule has 3 fully saturated rings. The van der Waals surface area contributed by atoms with E-state index in [0.717, 1.165) is 25.7 Å². The number of hydrogen-bond donors (Lipinski definition) is 2. The number of benzene rings is 1. The van der Waals surface area contributed by atoms with Crippen LogP contribution >= 0.6 is 11.6 Å². The second-order valence-electron chi connectivity index (χ2n) is 7.80. The summed E-state index contributed by atoms with van der Waals surface area (Å²) in [5.74, 6) is 2.10. The summed E-state index contributed by atoms with van der Waals surface area (Å²) < 4.78 is 5.50. The monoisotopic (exact) mass is 376 g/mol. The molecular weight excluding hydrogens is 352 g/mol. The number of amides is 2. The van der Waals surface area contributed by atoms with Gasteiger partial charge < -0.3 is 15.4 Å². The van der Waals surface area contributed by atoms with Crippen LogP contribution in [0.4, 0.5) is 0 Å². The molecule has 0 radical (unpaired) electrons. The normalized spacial score (nSPS) is 33.0. The van der Waals surface area contributed by atoms with Crippen molar-refractivity contribution >= 4 is 23.4 Å². The van der Waals surface area contributed by atoms with Crippen molar-refractivity contribution in [2.75, 3.05) is 6.61 Å². The van der Waals surface area contributed by atoms with Crippen molar-refractivity contribution in [3.63, 3.8) is 0 Å². The first-order valence-corrected chi connectivity index (χ1v) is 9.96. The molecule has 2 amide bonds. The lowest BCUT2D eigenvalue weighted by atomic mass is 9.68.